The first-order valence-corrected chi connectivity index (χ1v) is 11.5. The second-order valence-corrected chi connectivity index (χ2v) is 8.49. The molecule has 0 radical (unpaired) electrons. The van der Waals surface area contributed by atoms with Crippen molar-refractivity contribution in [3.63, 3.8) is 0 Å². The molecule has 1 N–H and O–H groups in total. The van der Waals surface area contributed by atoms with Crippen LogP contribution in [-0.2, 0) is 11.2 Å². The summed E-state index contributed by atoms with van der Waals surface area (Å²) in [5.41, 5.74) is 1.09. The Balaban J connectivity index is 1.29. The second kappa shape index (κ2) is 9.66. The maximum absolute atomic E-state index is 13.2. The van der Waals surface area contributed by atoms with Crippen LogP contribution in [-0.4, -0.2) is 51.4 Å². The summed E-state index contributed by atoms with van der Waals surface area (Å²) in [6.07, 6.45) is 9.57. The van der Waals surface area contributed by atoms with E-state index in [4.69, 9.17) is 21.1 Å². The number of carbonyl (C=O) groups excluding carboxylic acids is 1. The number of amides is 1. The average Bonchev–Trinajstić information content (AvgIpc) is 3.45. The van der Waals surface area contributed by atoms with Gasteiger partial charge in [-0.25, -0.2) is 9.97 Å². The van der Waals surface area contributed by atoms with Gasteiger partial charge in [0.25, 0.3) is 0 Å². The van der Waals surface area contributed by atoms with Crippen LogP contribution < -0.4 is 19.7 Å². The van der Waals surface area contributed by atoms with E-state index < -0.39 is 0 Å². The molecule has 0 spiro atoms. The number of hydrogen-bond donors (Lipinski definition) is 1. The fourth-order valence-electron chi connectivity index (χ4n) is 4.23. The third-order valence-electron chi connectivity index (χ3n) is 5.90. The van der Waals surface area contributed by atoms with E-state index in [9.17, 15) is 4.79 Å². The summed E-state index contributed by atoms with van der Waals surface area (Å²) in [6, 6.07) is 7.28. The van der Waals surface area contributed by atoms with Crippen LogP contribution in [0.1, 0.15) is 31.2 Å². The number of hydrogen-bond acceptors (Lipinski definition) is 7. The average molecular weight is 469 g/mol. The van der Waals surface area contributed by atoms with E-state index in [1.807, 2.05) is 18.2 Å². The highest BCUT2D eigenvalue weighted by Gasteiger charge is 2.29. The predicted octanol–water partition coefficient (Wildman–Crippen LogP) is 3.15. The molecule has 2 aliphatic rings. The molecule has 3 aromatic rings. The zero-order chi connectivity index (χ0) is 22.6. The third kappa shape index (κ3) is 4.88. The van der Waals surface area contributed by atoms with Crippen molar-refractivity contribution in [3.05, 3.63) is 53.7 Å². The molecule has 4 heterocycles. The van der Waals surface area contributed by atoms with Crippen LogP contribution in [0.15, 0.2) is 43.0 Å². The molecular weight excluding hydrogens is 444 g/mol. The Morgan fingerprint density at radius 1 is 1.15 bits per heavy atom. The fraction of sp³-hybridized carbons (Fsp3) is 0.391. The zero-order valence-electron chi connectivity index (χ0n) is 18.1. The topological polar surface area (TPSA) is 94.4 Å². The second-order valence-electron chi connectivity index (χ2n) is 8.11. The SMILES string of the molecule is O=C(NCCc1ccc2c(c1)OCO2)C1CCCCCN1c1cc(Cl)nc(-n2ccnc2)n1. The standard InChI is InChI=1S/C23H25ClN6O3/c24-20-13-21(28-23(27-20)29-11-9-25-14-29)30-10-3-1-2-4-17(30)22(31)26-8-7-16-5-6-18-19(12-16)33-15-32-18/h5-6,9,11-14,17H,1-4,7-8,10,15H2,(H,26,31). The van der Waals surface area contributed by atoms with Gasteiger partial charge in [-0.1, -0.05) is 30.5 Å². The molecule has 33 heavy (non-hydrogen) atoms. The molecule has 1 amide bonds. The number of halogens is 1. The van der Waals surface area contributed by atoms with Crippen molar-refractivity contribution in [2.24, 2.45) is 0 Å². The molecule has 1 atom stereocenters. The Bertz CT molecular complexity index is 1120. The summed E-state index contributed by atoms with van der Waals surface area (Å²) in [4.78, 5) is 28.3. The summed E-state index contributed by atoms with van der Waals surface area (Å²) in [5, 5.41) is 3.44. The van der Waals surface area contributed by atoms with Crippen molar-refractivity contribution < 1.29 is 14.3 Å². The van der Waals surface area contributed by atoms with Gasteiger partial charge in [-0.05, 0) is 37.0 Å². The van der Waals surface area contributed by atoms with E-state index in [1.165, 1.54) is 0 Å². The van der Waals surface area contributed by atoms with E-state index >= 15 is 0 Å². The van der Waals surface area contributed by atoms with Crippen molar-refractivity contribution in [1.82, 2.24) is 24.8 Å². The Hall–Kier alpha value is -3.33. The maximum atomic E-state index is 13.2. The minimum Gasteiger partial charge on any atom is -0.454 e. The molecule has 2 aromatic heterocycles. The first kappa shape index (κ1) is 21.5. The van der Waals surface area contributed by atoms with Crippen LogP contribution in [0.2, 0.25) is 5.15 Å². The van der Waals surface area contributed by atoms with E-state index in [-0.39, 0.29) is 18.7 Å². The minimum absolute atomic E-state index is 0.00319. The van der Waals surface area contributed by atoms with Gasteiger partial charge in [0, 0.05) is 31.5 Å². The smallest absolute Gasteiger partial charge is 0.242 e. The molecule has 10 heteroatoms. The summed E-state index contributed by atoms with van der Waals surface area (Å²) in [5.74, 6) is 2.59. The molecule has 1 fully saturated rings. The number of nitrogens with zero attached hydrogens (tertiary/aromatic N) is 5. The van der Waals surface area contributed by atoms with Gasteiger partial charge in [-0.2, -0.15) is 4.98 Å². The van der Waals surface area contributed by atoms with Gasteiger partial charge in [0.05, 0.1) is 0 Å². The molecule has 1 aromatic carbocycles. The number of nitrogens with one attached hydrogen (secondary N) is 1. The molecule has 0 aliphatic carbocycles. The largest absolute Gasteiger partial charge is 0.454 e. The van der Waals surface area contributed by atoms with E-state index in [0.29, 0.717) is 29.9 Å². The summed E-state index contributed by atoms with van der Waals surface area (Å²) in [7, 11) is 0. The monoisotopic (exact) mass is 468 g/mol. The third-order valence-corrected chi connectivity index (χ3v) is 6.10. The lowest BCUT2D eigenvalue weighted by Crippen LogP contribution is -2.47. The van der Waals surface area contributed by atoms with Crippen molar-refractivity contribution in [2.45, 2.75) is 38.1 Å². The summed E-state index contributed by atoms with van der Waals surface area (Å²) < 4.78 is 12.5. The van der Waals surface area contributed by atoms with Crippen molar-refractivity contribution in [1.29, 1.82) is 0 Å². The lowest BCUT2D eigenvalue weighted by molar-refractivity contribution is -0.122. The highest BCUT2D eigenvalue weighted by atomic mass is 35.5. The van der Waals surface area contributed by atoms with Crippen LogP contribution in [0, 0.1) is 0 Å². The van der Waals surface area contributed by atoms with Gasteiger partial charge in [0.15, 0.2) is 11.5 Å². The van der Waals surface area contributed by atoms with Crippen LogP contribution in [0.3, 0.4) is 0 Å². The normalized spacial score (nSPS) is 17.6. The Kier molecular flexibility index (Phi) is 6.30. The maximum Gasteiger partial charge on any atom is 0.242 e. The number of fused-ring (bicyclic) bond motifs is 1. The lowest BCUT2D eigenvalue weighted by Gasteiger charge is -2.30. The molecule has 5 rings (SSSR count). The van der Waals surface area contributed by atoms with Gasteiger partial charge in [0.2, 0.25) is 18.6 Å². The van der Waals surface area contributed by atoms with Crippen molar-refractivity contribution >= 4 is 23.3 Å². The molecule has 0 bridgehead atoms. The van der Waals surface area contributed by atoms with Crippen molar-refractivity contribution in [3.8, 4) is 17.4 Å². The molecule has 9 nitrogen and oxygen atoms in total. The molecule has 1 unspecified atom stereocenters. The molecule has 2 aliphatic heterocycles. The molecule has 1 saturated heterocycles. The quantitative estimate of drug-likeness (QED) is 0.555. The first-order chi connectivity index (χ1) is 16.2. The minimum atomic E-state index is -0.314. The highest BCUT2D eigenvalue weighted by Crippen LogP contribution is 2.32. The predicted molar refractivity (Wildman–Crippen MR) is 123 cm³/mol. The first-order valence-electron chi connectivity index (χ1n) is 11.1. The number of anilines is 1. The zero-order valence-corrected chi connectivity index (χ0v) is 18.9. The van der Waals surface area contributed by atoms with Crippen LogP contribution in [0.4, 0.5) is 5.82 Å². The number of ether oxygens (including phenoxy) is 2. The van der Waals surface area contributed by atoms with Gasteiger partial charge >= 0.3 is 0 Å². The number of carbonyl (C=O) groups is 1. The van der Waals surface area contributed by atoms with E-state index in [2.05, 4.69) is 25.2 Å². The summed E-state index contributed by atoms with van der Waals surface area (Å²) in [6.45, 7) is 1.52. The van der Waals surface area contributed by atoms with Crippen molar-refractivity contribution in [2.75, 3.05) is 24.8 Å². The Morgan fingerprint density at radius 2 is 2.06 bits per heavy atom. The highest BCUT2D eigenvalue weighted by molar-refractivity contribution is 6.29. The van der Waals surface area contributed by atoms with E-state index in [1.54, 1.807) is 29.4 Å². The Morgan fingerprint density at radius 3 is 2.94 bits per heavy atom. The van der Waals surface area contributed by atoms with Gasteiger partial charge in [-0.15, -0.1) is 0 Å². The van der Waals surface area contributed by atoms with Crippen LogP contribution in [0.25, 0.3) is 5.95 Å². The van der Waals surface area contributed by atoms with Gasteiger partial charge in [0.1, 0.15) is 23.3 Å². The fourth-order valence-corrected chi connectivity index (χ4v) is 4.41. The van der Waals surface area contributed by atoms with Gasteiger partial charge < -0.3 is 19.7 Å². The lowest BCUT2D eigenvalue weighted by atomic mass is 10.1. The van der Waals surface area contributed by atoms with Crippen LogP contribution >= 0.6 is 11.6 Å². The van der Waals surface area contributed by atoms with Crippen LogP contribution in [0.5, 0.6) is 11.5 Å². The molecule has 0 saturated carbocycles. The molecular formula is C23H25ClN6O3. The summed E-state index contributed by atoms with van der Waals surface area (Å²) >= 11 is 6.31. The Labute approximate surface area is 196 Å². The number of imidazole rings is 1. The van der Waals surface area contributed by atoms with Gasteiger partial charge in [-0.3, -0.25) is 9.36 Å². The number of aromatic nitrogens is 4. The number of rotatable bonds is 6. The molecule has 172 valence electrons. The van der Waals surface area contributed by atoms with E-state index in [0.717, 1.165) is 49.3 Å². The number of benzene rings is 1.